The number of carbonyl (C=O) groups is 3. The van der Waals surface area contributed by atoms with Crippen molar-refractivity contribution in [3.63, 3.8) is 0 Å². The number of benzene rings is 3. The quantitative estimate of drug-likeness (QED) is 0.0407. The fraction of sp³-hybridized carbons (Fsp3) is 0.350. The molecule has 0 aliphatic carbocycles. The molecule has 0 radical (unpaired) electrons. The fourth-order valence-electron chi connectivity index (χ4n) is 9.10. The molecule has 0 saturated heterocycles. The predicted octanol–water partition coefficient (Wildman–Crippen LogP) is 10.3. The number of esters is 1. The Morgan fingerprint density at radius 2 is 0.958 bits per heavy atom. The van der Waals surface area contributed by atoms with Crippen LogP contribution in [0, 0.1) is 0 Å². The van der Waals surface area contributed by atoms with Gasteiger partial charge in [-0.25, -0.2) is 34.7 Å². The topological polar surface area (TPSA) is 313 Å². The maximum absolute atomic E-state index is 13.1. The molecule has 6 heterocycles. The van der Waals surface area contributed by atoms with Gasteiger partial charge in [-0.1, -0.05) is 111 Å². The van der Waals surface area contributed by atoms with Gasteiger partial charge in [-0.2, -0.15) is 20.4 Å². The van der Waals surface area contributed by atoms with Crippen molar-refractivity contribution in [2.24, 2.45) is 21.1 Å². The number of ether oxygens (including phenoxy) is 1. The van der Waals surface area contributed by atoms with Crippen LogP contribution in [0.1, 0.15) is 112 Å². The monoisotopic (exact) mass is 1510 g/mol. The summed E-state index contributed by atoms with van der Waals surface area (Å²) in [5.41, 5.74) is 2.56. The Hall–Kier alpha value is -6.83. The third-order valence-corrected chi connectivity index (χ3v) is 19.7. The largest absolute Gasteiger partial charge is 0.404 e. The van der Waals surface area contributed by atoms with Gasteiger partial charge >= 0.3 is 5.97 Å². The van der Waals surface area contributed by atoms with Crippen molar-refractivity contribution in [2.75, 3.05) is 38.4 Å². The summed E-state index contributed by atoms with van der Waals surface area (Å²) in [5, 5.41) is 22.3. The van der Waals surface area contributed by atoms with Crippen molar-refractivity contribution in [2.45, 2.75) is 95.1 Å². The first-order valence-corrected chi connectivity index (χ1v) is 37.1. The summed E-state index contributed by atoms with van der Waals surface area (Å²) in [4.78, 5) is 62.7. The van der Waals surface area contributed by atoms with E-state index in [1.807, 2.05) is 20.8 Å². The number of hydrogen-bond acceptors (Lipinski definition) is 17. The molecular formula is C60H70Cl7N13O12S3. The van der Waals surface area contributed by atoms with Gasteiger partial charge in [-0.3, -0.25) is 52.8 Å². The van der Waals surface area contributed by atoms with Crippen molar-refractivity contribution in [3.8, 4) is 5.88 Å². The highest BCUT2D eigenvalue weighted by atomic mass is 35.5. The highest BCUT2D eigenvalue weighted by molar-refractivity contribution is 7.91. The summed E-state index contributed by atoms with van der Waals surface area (Å²) >= 11 is 42.0. The zero-order valence-electron chi connectivity index (χ0n) is 53.6. The molecule has 0 aliphatic rings. The van der Waals surface area contributed by atoms with Crippen molar-refractivity contribution >= 4 is 128 Å². The molecule has 514 valence electrons. The molecule has 6 aromatic heterocycles. The lowest BCUT2D eigenvalue weighted by molar-refractivity contribution is 0.0719. The second-order valence-corrected chi connectivity index (χ2v) is 29.6. The van der Waals surface area contributed by atoms with Gasteiger partial charge in [0.05, 0.1) is 99.9 Å². The number of aromatic nitrogens is 12. The van der Waals surface area contributed by atoms with Crippen LogP contribution in [0.3, 0.4) is 0 Å². The lowest BCUT2D eigenvalue weighted by atomic mass is 10.0. The van der Waals surface area contributed by atoms with Gasteiger partial charge in [0.2, 0.25) is 11.7 Å². The van der Waals surface area contributed by atoms with Gasteiger partial charge in [0.1, 0.15) is 5.56 Å². The number of sulfone groups is 3. The van der Waals surface area contributed by atoms with Gasteiger partial charge in [0.25, 0.3) is 16.4 Å². The summed E-state index contributed by atoms with van der Waals surface area (Å²) in [5.74, 6) is -1.04. The van der Waals surface area contributed by atoms with Gasteiger partial charge < -0.3 is 9.64 Å². The number of nitrogens with zero attached hydrogens (tertiary/aromatic N) is 11. The van der Waals surface area contributed by atoms with Crippen LogP contribution in [0.15, 0.2) is 110 Å². The lowest BCUT2D eigenvalue weighted by Gasteiger charge is -2.14. The van der Waals surface area contributed by atoms with Crippen LogP contribution >= 0.6 is 81.2 Å². The minimum absolute atomic E-state index is 0.000486. The van der Waals surface area contributed by atoms with E-state index in [1.165, 1.54) is 128 Å². The Balaban J connectivity index is 0.000000233. The van der Waals surface area contributed by atoms with Gasteiger partial charge in [0.15, 0.2) is 29.5 Å². The van der Waals surface area contributed by atoms with Crippen molar-refractivity contribution in [3.05, 3.63) is 193 Å². The third-order valence-electron chi connectivity index (χ3n) is 14.1. The third kappa shape index (κ3) is 21.1. The van der Waals surface area contributed by atoms with E-state index in [2.05, 4.69) is 56.3 Å². The molecular weight excluding hydrogens is 1440 g/mol. The highest BCUT2D eigenvalue weighted by Gasteiger charge is 2.29. The second kappa shape index (κ2) is 34.4. The minimum atomic E-state index is -3.64. The van der Waals surface area contributed by atoms with Crippen molar-refractivity contribution in [1.82, 2.24) is 63.6 Å². The van der Waals surface area contributed by atoms with Crippen LogP contribution in [-0.2, 0) is 89.6 Å². The van der Waals surface area contributed by atoms with Crippen LogP contribution in [0.2, 0.25) is 30.1 Å². The summed E-state index contributed by atoms with van der Waals surface area (Å²) in [6.07, 6.45) is 14.0. The van der Waals surface area contributed by atoms with Gasteiger partial charge in [-0.15, -0.1) is 0 Å². The molecule has 0 unspecified atom stereocenters. The van der Waals surface area contributed by atoms with E-state index in [0.29, 0.717) is 33.6 Å². The van der Waals surface area contributed by atoms with Crippen LogP contribution in [0.4, 0.5) is 0 Å². The number of rotatable bonds is 20. The van der Waals surface area contributed by atoms with Gasteiger partial charge in [0, 0.05) is 104 Å². The molecule has 0 saturated carbocycles. The number of carbonyl (C=O) groups excluding carboxylic acids is 3. The number of halogens is 7. The zero-order chi connectivity index (χ0) is 71.2. The number of ketones is 1. The highest BCUT2D eigenvalue weighted by Crippen LogP contribution is 2.34. The zero-order valence-corrected chi connectivity index (χ0v) is 61.4. The van der Waals surface area contributed by atoms with E-state index in [1.54, 1.807) is 26.2 Å². The molecule has 2 N–H and O–H groups in total. The Bertz CT molecular complexity index is 4710. The molecule has 0 aliphatic heterocycles. The Labute approximate surface area is 584 Å². The summed E-state index contributed by atoms with van der Waals surface area (Å²) in [6.45, 7) is 15.9. The average Bonchev–Trinajstić information content (AvgIpc) is 1.71. The molecule has 9 rings (SSSR count). The first-order chi connectivity index (χ1) is 44.4. The molecule has 9 aromatic rings. The summed E-state index contributed by atoms with van der Waals surface area (Å²) in [7, 11) is -5.88. The van der Waals surface area contributed by atoms with Gasteiger partial charge in [-0.05, 0) is 86.9 Å². The molecule has 0 bridgehead atoms. The molecule has 0 fully saturated rings. The molecule has 95 heavy (non-hydrogen) atoms. The number of H-pyrrole nitrogens is 2. The number of aryl methyl sites for hydroxylation is 6. The van der Waals surface area contributed by atoms with Crippen molar-refractivity contribution < 1.29 is 44.4 Å². The van der Waals surface area contributed by atoms with E-state index >= 15 is 0 Å². The summed E-state index contributed by atoms with van der Waals surface area (Å²) in [6, 6.07) is 11.2. The number of aromatic amines is 2. The molecule has 35 heteroatoms. The van der Waals surface area contributed by atoms with Crippen LogP contribution in [0.5, 0.6) is 5.88 Å². The first kappa shape index (κ1) is 78.9. The second-order valence-electron chi connectivity index (χ2n) is 20.9. The van der Waals surface area contributed by atoms with Crippen molar-refractivity contribution in [1.29, 1.82) is 0 Å². The normalized spacial score (nSPS) is 11.4. The SMILES string of the molecule is CCN(CC)CC.CCc1[nH]n(C)c(=O)c1C(=O)c1ccc(S(C)(=O)=O)c(Cn2cc(Cl)cn2)c1Cl.CCc1cc(=O)n(C)[nH]1.CCc1cc(OC(=O)c2ccc(S(C)(=O)=O)c(Cn3cc(Cl)cn3)c2Cl)n(C)n1.CS(=O)(=O)c1ccc(C(=O)Cl)c(Cl)c1Cn1cc(Cl)cn1. The Morgan fingerprint density at radius 1 is 0.547 bits per heavy atom. The van der Waals surface area contributed by atoms with Crippen LogP contribution in [-0.4, -0.2) is 144 Å². The van der Waals surface area contributed by atoms with E-state index < -0.39 is 52.1 Å². The molecule has 3 aromatic carbocycles. The van der Waals surface area contributed by atoms with E-state index in [-0.39, 0.29) is 99.8 Å². The molecule has 0 spiro atoms. The average molecular weight is 1510 g/mol. The first-order valence-electron chi connectivity index (χ1n) is 28.8. The minimum Gasteiger partial charge on any atom is -0.404 e. The standard InChI is InChI=1S/2C18H18Cl2N4O4S.C12H9Cl3N2O3S.C6H10N2O.C6H15N/c1-4-12-7-16(23(2)22-12)28-18(25)13-5-6-15(29(3,26)27)14(17(13)20)10-24-9-11(19)8-21-24;1-4-13-15(18(26)23(2)22-13)17(25)11-5-6-14(29(3,27)28)12(16(11)20)9-24-8-10(19)7-21-24;1-21(19,20)10-3-2-8(12(15)18)11(14)9(10)6-17-5-7(13)4-16-17;1-3-5-4-6(9)8(2)7-5;1-4-7(5-2)6-3/h5-9H,4,10H2,1-3H3;5-8,22H,4,9H2,1-3H3;2-5H,6H2,1H3;4,7H,3H2,1-2H3;4-6H2,1-3H3. The lowest BCUT2D eigenvalue weighted by Crippen LogP contribution is -2.21. The Kier molecular flexibility index (Phi) is 28.6. The van der Waals surface area contributed by atoms with Crippen LogP contribution < -0.4 is 15.9 Å². The van der Waals surface area contributed by atoms with Crippen LogP contribution in [0.25, 0.3) is 0 Å². The molecule has 0 atom stereocenters. The molecule has 25 nitrogen and oxygen atoms in total. The summed E-state index contributed by atoms with van der Waals surface area (Å²) < 4.78 is 86.4. The molecule has 0 amide bonds. The van der Waals surface area contributed by atoms with E-state index in [9.17, 15) is 49.2 Å². The Morgan fingerprint density at radius 3 is 1.27 bits per heavy atom. The number of nitrogens with one attached hydrogen (secondary N) is 2. The smallest absolute Gasteiger partial charge is 0.346 e. The fourth-order valence-corrected chi connectivity index (χ4v) is 13.6. The van der Waals surface area contributed by atoms with E-state index in [0.717, 1.165) is 36.6 Å². The number of hydrogen-bond donors (Lipinski definition) is 2. The van der Waals surface area contributed by atoms with E-state index in [4.69, 9.17) is 85.9 Å². The maximum Gasteiger partial charge on any atom is 0.346 e. The predicted molar refractivity (Wildman–Crippen MR) is 368 cm³/mol. The maximum atomic E-state index is 13.1.